The molecule has 0 aromatic carbocycles. The maximum absolute atomic E-state index is 5.60. The van der Waals surface area contributed by atoms with Crippen molar-refractivity contribution in [2.24, 2.45) is 0 Å². The minimum absolute atomic E-state index is 0.366. The summed E-state index contributed by atoms with van der Waals surface area (Å²) in [6.45, 7) is 4.24. The first-order valence-electron chi connectivity index (χ1n) is 4.16. The third-order valence-corrected chi connectivity index (χ3v) is 2.16. The van der Waals surface area contributed by atoms with Crippen molar-refractivity contribution in [2.75, 3.05) is 0 Å². The van der Waals surface area contributed by atoms with Gasteiger partial charge in [-0.3, -0.25) is 0 Å². The molecule has 1 heterocycles. The van der Waals surface area contributed by atoms with E-state index in [1.165, 1.54) is 12.8 Å². The van der Waals surface area contributed by atoms with E-state index in [1.54, 1.807) is 0 Å². The zero-order valence-electron chi connectivity index (χ0n) is 7.09. The molecule has 0 bridgehead atoms. The second-order valence-corrected chi connectivity index (χ2v) is 4.57. The fourth-order valence-corrected chi connectivity index (χ4v) is 1.43. The van der Waals surface area contributed by atoms with Gasteiger partial charge in [-0.25, -0.2) is 0 Å². The van der Waals surface area contributed by atoms with Crippen LogP contribution in [0.15, 0.2) is 12.2 Å². The Labute approximate surface area is 76.9 Å². The summed E-state index contributed by atoms with van der Waals surface area (Å²) in [7, 11) is 0. The maximum Gasteiger partial charge on any atom is 0.0760 e. The Kier molecular flexibility index (Phi) is 3.60. The van der Waals surface area contributed by atoms with Crippen LogP contribution >= 0.6 is 15.9 Å². The van der Waals surface area contributed by atoms with Crippen molar-refractivity contribution in [1.82, 2.24) is 0 Å². The minimum atomic E-state index is 0.366. The van der Waals surface area contributed by atoms with Crippen LogP contribution in [0.5, 0.6) is 0 Å². The van der Waals surface area contributed by atoms with Gasteiger partial charge in [-0.2, -0.15) is 0 Å². The molecule has 11 heavy (non-hydrogen) atoms. The fourth-order valence-electron chi connectivity index (χ4n) is 1.25. The van der Waals surface area contributed by atoms with Crippen LogP contribution in [-0.4, -0.2) is 17.0 Å². The molecule has 3 unspecified atom stereocenters. The molecular formula is C9H15BrO. The lowest BCUT2D eigenvalue weighted by atomic mass is 10.2. The van der Waals surface area contributed by atoms with Crippen LogP contribution in [-0.2, 0) is 4.74 Å². The van der Waals surface area contributed by atoms with E-state index in [2.05, 4.69) is 41.9 Å². The van der Waals surface area contributed by atoms with Crippen molar-refractivity contribution in [1.29, 1.82) is 0 Å². The lowest BCUT2D eigenvalue weighted by Gasteiger charge is -2.05. The van der Waals surface area contributed by atoms with Crippen LogP contribution in [0.1, 0.15) is 26.7 Å². The van der Waals surface area contributed by atoms with Crippen molar-refractivity contribution >= 4 is 15.9 Å². The molecule has 0 aliphatic carbocycles. The van der Waals surface area contributed by atoms with Gasteiger partial charge in [0.05, 0.1) is 12.2 Å². The SMILES string of the molecule is CC(Br)/C=C/C1CCC(C)O1. The second-order valence-electron chi connectivity index (χ2n) is 3.12. The molecule has 64 valence electrons. The Bertz CT molecular complexity index is 142. The van der Waals surface area contributed by atoms with E-state index in [0.717, 1.165) is 0 Å². The summed E-state index contributed by atoms with van der Waals surface area (Å²) in [5.41, 5.74) is 0. The Morgan fingerprint density at radius 2 is 2.27 bits per heavy atom. The molecule has 0 amide bonds. The van der Waals surface area contributed by atoms with E-state index in [9.17, 15) is 0 Å². The van der Waals surface area contributed by atoms with E-state index < -0.39 is 0 Å². The molecule has 0 spiro atoms. The standard InChI is InChI=1S/C9H15BrO/c1-7(10)3-5-9-6-4-8(2)11-9/h3,5,7-9H,4,6H2,1-2H3/b5-3+. The molecule has 1 rings (SSSR count). The Morgan fingerprint density at radius 3 is 2.73 bits per heavy atom. The summed E-state index contributed by atoms with van der Waals surface area (Å²) in [5, 5.41) is 0. The zero-order valence-corrected chi connectivity index (χ0v) is 8.67. The summed E-state index contributed by atoms with van der Waals surface area (Å²) in [6, 6.07) is 0. The van der Waals surface area contributed by atoms with Crippen molar-refractivity contribution in [3.63, 3.8) is 0 Å². The van der Waals surface area contributed by atoms with Crippen LogP contribution in [0, 0.1) is 0 Å². The van der Waals surface area contributed by atoms with Gasteiger partial charge in [0.1, 0.15) is 0 Å². The first-order valence-corrected chi connectivity index (χ1v) is 5.08. The van der Waals surface area contributed by atoms with E-state index in [1.807, 2.05) is 0 Å². The summed E-state index contributed by atoms with van der Waals surface area (Å²) in [4.78, 5) is 0.460. The fraction of sp³-hybridized carbons (Fsp3) is 0.778. The van der Waals surface area contributed by atoms with Crippen molar-refractivity contribution in [3.8, 4) is 0 Å². The number of hydrogen-bond acceptors (Lipinski definition) is 1. The third kappa shape index (κ3) is 3.39. The van der Waals surface area contributed by atoms with E-state index in [0.29, 0.717) is 17.0 Å². The minimum Gasteiger partial charge on any atom is -0.371 e. The van der Waals surface area contributed by atoms with Gasteiger partial charge in [-0.15, -0.1) is 0 Å². The summed E-state index contributed by atoms with van der Waals surface area (Å²) in [6.07, 6.45) is 7.49. The number of hydrogen-bond donors (Lipinski definition) is 0. The quantitative estimate of drug-likeness (QED) is 0.512. The van der Waals surface area contributed by atoms with Gasteiger partial charge >= 0.3 is 0 Å². The number of rotatable bonds is 2. The predicted molar refractivity (Wildman–Crippen MR) is 51.1 cm³/mol. The number of allylic oxidation sites excluding steroid dienone is 1. The molecule has 0 saturated carbocycles. The highest BCUT2D eigenvalue weighted by atomic mass is 79.9. The number of halogens is 1. The number of ether oxygens (including phenoxy) is 1. The van der Waals surface area contributed by atoms with Gasteiger partial charge in [0.15, 0.2) is 0 Å². The van der Waals surface area contributed by atoms with Gasteiger partial charge in [0, 0.05) is 4.83 Å². The third-order valence-electron chi connectivity index (χ3n) is 1.86. The van der Waals surface area contributed by atoms with Crippen molar-refractivity contribution < 1.29 is 4.74 Å². The average molecular weight is 219 g/mol. The molecule has 3 atom stereocenters. The molecule has 0 aromatic rings. The van der Waals surface area contributed by atoms with E-state index in [-0.39, 0.29) is 0 Å². The first-order chi connectivity index (χ1) is 5.18. The number of alkyl halides is 1. The molecule has 1 aliphatic heterocycles. The Balaban J connectivity index is 2.28. The smallest absolute Gasteiger partial charge is 0.0760 e. The molecule has 0 N–H and O–H groups in total. The van der Waals surface area contributed by atoms with Gasteiger partial charge in [-0.05, 0) is 26.7 Å². The predicted octanol–water partition coefficient (Wildman–Crippen LogP) is 2.89. The summed E-state index contributed by atoms with van der Waals surface area (Å²) < 4.78 is 5.60. The highest BCUT2D eigenvalue weighted by molar-refractivity contribution is 9.09. The largest absolute Gasteiger partial charge is 0.371 e. The topological polar surface area (TPSA) is 9.23 Å². The maximum atomic E-state index is 5.60. The molecule has 1 nitrogen and oxygen atoms in total. The summed E-state index contributed by atoms with van der Waals surface area (Å²) in [5.74, 6) is 0. The monoisotopic (exact) mass is 218 g/mol. The Morgan fingerprint density at radius 1 is 1.55 bits per heavy atom. The van der Waals surface area contributed by atoms with Crippen LogP contribution < -0.4 is 0 Å². The highest BCUT2D eigenvalue weighted by Crippen LogP contribution is 2.20. The van der Waals surface area contributed by atoms with Crippen molar-refractivity contribution in [3.05, 3.63) is 12.2 Å². The molecule has 0 aromatic heterocycles. The average Bonchev–Trinajstić information content (AvgIpc) is 2.31. The molecule has 2 heteroatoms. The van der Waals surface area contributed by atoms with E-state index in [4.69, 9.17) is 4.74 Å². The molecular weight excluding hydrogens is 204 g/mol. The lowest BCUT2D eigenvalue weighted by Crippen LogP contribution is -2.04. The summed E-state index contributed by atoms with van der Waals surface area (Å²) >= 11 is 3.45. The van der Waals surface area contributed by atoms with Gasteiger partial charge in [-0.1, -0.05) is 28.1 Å². The zero-order chi connectivity index (χ0) is 8.27. The molecule has 1 fully saturated rings. The lowest BCUT2D eigenvalue weighted by molar-refractivity contribution is 0.0832. The van der Waals surface area contributed by atoms with Gasteiger partial charge in [0.2, 0.25) is 0 Å². The van der Waals surface area contributed by atoms with Gasteiger partial charge < -0.3 is 4.74 Å². The van der Waals surface area contributed by atoms with E-state index >= 15 is 0 Å². The normalized spacial score (nSPS) is 34.8. The van der Waals surface area contributed by atoms with Crippen LogP contribution in [0.4, 0.5) is 0 Å². The highest BCUT2D eigenvalue weighted by Gasteiger charge is 2.18. The Hall–Kier alpha value is 0.180. The molecule has 0 radical (unpaired) electrons. The molecule has 1 saturated heterocycles. The van der Waals surface area contributed by atoms with Crippen LogP contribution in [0.3, 0.4) is 0 Å². The molecule has 1 aliphatic rings. The first kappa shape index (κ1) is 9.27. The van der Waals surface area contributed by atoms with Crippen LogP contribution in [0.2, 0.25) is 0 Å². The van der Waals surface area contributed by atoms with Crippen LogP contribution in [0.25, 0.3) is 0 Å². The van der Waals surface area contributed by atoms with Gasteiger partial charge in [0.25, 0.3) is 0 Å². The second kappa shape index (κ2) is 4.27. The van der Waals surface area contributed by atoms with Crippen molar-refractivity contribution in [2.45, 2.75) is 43.7 Å².